The minimum atomic E-state index is -0.906. The molecule has 1 unspecified atom stereocenters. The summed E-state index contributed by atoms with van der Waals surface area (Å²) in [5.41, 5.74) is 0. The molecule has 4 nitrogen and oxygen atoms in total. The van der Waals surface area contributed by atoms with Crippen molar-refractivity contribution in [3.63, 3.8) is 0 Å². The summed E-state index contributed by atoms with van der Waals surface area (Å²) in [6, 6.07) is 1.54. The summed E-state index contributed by atoms with van der Waals surface area (Å²) < 4.78 is 4.63. The predicted molar refractivity (Wildman–Crippen MR) is 32.6 cm³/mol. The zero-order valence-electron chi connectivity index (χ0n) is 5.44. The Balaban J connectivity index is 2.77. The highest BCUT2D eigenvalue weighted by atomic mass is 16.5. The van der Waals surface area contributed by atoms with Crippen LogP contribution in [0.15, 0.2) is 16.8 Å². The molecule has 1 N–H and O–H groups in total. The van der Waals surface area contributed by atoms with Gasteiger partial charge in [-0.2, -0.15) is 0 Å². The molecule has 0 aliphatic carbocycles. The van der Waals surface area contributed by atoms with E-state index in [1.54, 1.807) is 13.0 Å². The fourth-order valence-corrected chi connectivity index (χ4v) is 0.571. The number of aromatic nitrogens is 1. The second kappa shape index (κ2) is 2.51. The van der Waals surface area contributed by atoms with Crippen molar-refractivity contribution in [1.29, 1.82) is 0 Å². The number of hydrogen-bond donors (Lipinski definition) is 1. The molecule has 0 bridgehead atoms. The Morgan fingerprint density at radius 2 is 2.60 bits per heavy atom. The van der Waals surface area contributed by atoms with Crippen molar-refractivity contribution < 1.29 is 14.4 Å². The van der Waals surface area contributed by atoms with Crippen molar-refractivity contribution in [1.82, 2.24) is 5.16 Å². The normalized spacial score (nSPS) is 12.9. The molecular weight excluding hydrogens is 134 g/mol. The molecule has 4 heteroatoms. The number of hydrogen-bond acceptors (Lipinski definition) is 3. The van der Waals surface area contributed by atoms with E-state index in [-0.39, 0.29) is 0 Å². The molecule has 0 amide bonds. The van der Waals surface area contributed by atoms with Gasteiger partial charge in [0.1, 0.15) is 5.92 Å². The third-order valence-corrected chi connectivity index (χ3v) is 1.25. The van der Waals surface area contributed by atoms with Crippen LogP contribution in [0.5, 0.6) is 0 Å². The minimum Gasteiger partial charge on any atom is -0.481 e. The zero-order chi connectivity index (χ0) is 7.56. The van der Waals surface area contributed by atoms with E-state index >= 15 is 0 Å². The molecule has 54 valence electrons. The monoisotopic (exact) mass is 141 g/mol. The third-order valence-electron chi connectivity index (χ3n) is 1.25. The van der Waals surface area contributed by atoms with Crippen LogP contribution in [-0.2, 0) is 4.79 Å². The van der Waals surface area contributed by atoms with Gasteiger partial charge in [0.15, 0.2) is 5.76 Å². The maximum absolute atomic E-state index is 10.3. The predicted octanol–water partition coefficient (Wildman–Crippen LogP) is 0.863. The Hall–Kier alpha value is -1.32. The van der Waals surface area contributed by atoms with Gasteiger partial charge in [0.2, 0.25) is 0 Å². The molecule has 0 aromatic carbocycles. The van der Waals surface area contributed by atoms with E-state index in [1.165, 1.54) is 6.20 Å². The number of nitrogens with zero attached hydrogens (tertiary/aromatic N) is 1. The highest BCUT2D eigenvalue weighted by molar-refractivity contribution is 5.74. The summed E-state index contributed by atoms with van der Waals surface area (Å²) in [5.74, 6) is -1.13. The van der Waals surface area contributed by atoms with Crippen molar-refractivity contribution in [2.75, 3.05) is 0 Å². The van der Waals surface area contributed by atoms with Gasteiger partial charge < -0.3 is 9.63 Å². The van der Waals surface area contributed by atoms with Gasteiger partial charge in [0.05, 0.1) is 6.20 Å². The van der Waals surface area contributed by atoms with Crippen molar-refractivity contribution in [2.24, 2.45) is 0 Å². The molecule has 1 rings (SSSR count). The molecule has 1 aromatic rings. The number of aliphatic carboxylic acids is 1. The van der Waals surface area contributed by atoms with E-state index in [4.69, 9.17) is 5.11 Å². The van der Waals surface area contributed by atoms with Crippen LogP contribution in [0.2, 0.25) is 0 Å². The first-order chi connectivity index (χ1) is 4.72. The second-order valence-electron chi connectivity index (χ2n) is 1.97. The van der Waals surface area contributed by atoms with Crippen LogP contribution in [0.25, 0.3) is 0 Å². The Bertz CT molecular complexity index is 217. The van der Waals surface area contributed by atoms with Gasteiger partial charge in [-0.1, -0.05) is 5.16 Å². The van der Waals surface area contributed by atoms with Gasteiger partial charge in [-0.05, 0) is 6.92 Å². The Morgan fingerprint density at radius 1 is 1.90 bits per heavy atom. The van der Waals surface area contributed by atoms with Gasteiger partial charge in [0, 0.05) is 6.07 Å². The van der Waals surface area contributed by atoms with Gasteiger partial charge in [-0.3, -0.25) is 4.79 Å². The standard InChI is InChI=1S/C6H7NO3/c1-4(6(8)9)5-2-3-7-10-5/h2-4H,1H3,(H,8,9). The summed E-state index contributed by atoms with van der Waals surface area (Å²) in [4.78, 5) is 10.3. The average Bonchev–Trinajstić information content (AvgIpc) is 2.36. The number of rotatable bonds is 2. The van der Waals surface area contributed by atoms with Crippen molar-refractivity contribution >= 4 is 5.97 Å². The molecule has 0 aliphatic heterocycles. The van der Waals surface area contributed by atoms with Crippen LogP contribution >= 0.6 is 0 Å². The molecule has 0 saturated carbocycles. The highest BCUT2D eigenvalue weighted by Crippen LogP contribution is 2.12. The SMILES string of the molecule is CC(C(=O)O)c1ccno1. The lowest BCUT2D eigenvalue weighted by molar-refractivity contribution is -0.138. The summed E-state index contributed by atoms with van der Waals surface area (Å²) in [6.45, 7) is 1.54. The zero-order valence-corrected chi connectivity index (χ0v) is 5.44. The molecule has 1 heterocycles. The van der Waals surface area contributed by atoms with Gasteiger partial charge in [0.25, 0.3) is 0 Å². The lowest BCUT2D eigenvalue weighted by Crippen LogP contribution is -2.05. The number of carboxylic acids is 1. The molecule has 0 fully saturated rings. The molecule has 1 atom stereocenters. The second-order valence-corrected chi connectivity index (χ2v) is 1.97. The van der Waals surface area contributed by atoms with E-state index < -0.39 is 11.9 Å². The van der Waals surface area contributed by atoms with Crippen LogP contribution in [0, 0.1) is 0 Å². The van der Waals surface area contributed by atoms with Crippen LogP contribution in [0.1, 0.15) is 18.6 Å². The van der Waals surface area contributed by atoms with Crippen molar-refractivity contribution in [3.8, 4) is 0 Å². The first-order valence-corrected chi connectivity index (χ1v) is 2.85. The van der Waals surface area contributed by atoms with E-state index in [1.807, 2.05) is 0 Å². The lowest BCUT2D eigenvalue weighted by Gasteiger charge is -1.97. The quantitative estimate of drug-likeness (QED) is 0.663. The van der Waals surface area contributed by atoms with Gasteiger partial charge >= 0.3 is 5.97 Å². The Labute approximate surface area is 57.4 Å². The molecular formula is C6H7NO3. The summed E-state index contributed by atoms with van der Waals surface area (Å²) >= 11 is 0. The van der Waals surface area contributed by atoms with E-state index in [2.05, 4.69) is 9.68 Å². The average molecular weight is 141 g/mol. The van der Waals surface area contributed by atoms with Crippen molar-refractivity contribution in [3.05, 3.63) is 18.0 Å². The van der Waals surface area contributed by atoms with Crippen LogP contribution < -0.4 is 0 Å². The smallest absolute Gasteiger partial charge is 0.314 e. The summed E-state index contributed by atoms with van der Waals surface area (Å²) in [6.07, 6.45) is 1.43. The largest absolute Gasteiger partial charge is 0.481 e. The topological polar surface area (TPSA) is 63.3 Å². The molecule has 0 radical (unpaired) electrons. The molecule has 0 saturated heterocycles. The lowest BCUT2D eigenvalue weighted by atomic mass is 10.1. The van der Waals surface area contributed by atoms with E-state index in [9.17, 15) is 4.79 Å². The third kappa shape index (κ3) is 1.15. The maximum atomic E-state index is 10.3. The van der Waals surface area contributed by atoms with Crippen LogP contribution in [-0.4, -0.2) is 16.2 Å². The minimum absolute atomic E-state index is 0.382. The summed E-state index contributed by atoms with van der Waals surface area (Å²) in [7, 11) is 0. The van der Waals surface area contributed by atoms with Crippen LogP contribution in [0.3, 0.4) is 0 Å². The fourth-order valence-electron chi connectivity index (χ4n) is 0.571. The van der Waals surface area contributed by atoms with Crippen LogP contribution in [0.4, 0.5) is 0 Å². The fraction of sp³-hybridized carbons (Fsp3) is 0.333. The van der Waals surface area contributed by atoms with Gasteiger partial charge in [-0.25, -0.2) is 0 Å². The van der Waals surface area contributed by atoms with Gasteiger partial charge in [-0.15, -0.1) is 0 Å². The van der Waals surface area contributed by atoms with Crippen molar-refractivity contribution in [2.45, 2.75) is 12.8 Å². The summed E-state index contributed by atoms with van der Waals surface area (Å²) in [5, 5.41) is 11.9. The van der Waals surface area contributed by atoms with E-state index in [0.717, 1.165) is 0 Å². The Morgan fingerprint density at radius 3 is 3.00 bits per heavy atom. The first-order valence-electron chi connectivity index (χ1n) is 2.85. The molecule has 0 aliphatic rings. The molecule has 0 spiro atoms. The highest BCUT2D eigenvalue weighted by Gasteiger charge is 2.16. The maximum Gasteiger partial charge on any atom is 0.314 e. The Kier molecular flexibility index (Phi) is 1.71. The first kappa shape index (κ1) is 6.80. The number of carboxylic acid groups (broad SMARTS) is 1. The molecule has 1 aromatic heterocycles. The number of carbonyl (C=O) groups is 1. The van der Waals surface area contributed by atoms with E-state index in [0.29, 0.717) is 5.76 Å². The molecule has 10 heavy (non-hydrogen) atoms.